The fourth-order valence-electron chi connectivity index (χ4n) is 2.41. The lowest BCUT2D eigenvalue weighted by molar-refractivity contribution is -0.142. The van der Waals surface area contributed by atoms with E-state index in [1.54, 1.807) is 24.3 Å². The van der Waals surface area contributed by atoms with Crippen LogP contribution in [0.3, 0.4) is 0 Å². The Labute approximate surface area is 157 Å². The van der Waals surface area contributed by atoms with Crippen LogP contribution in [0.2, 0.25) is 0 Å². The molecule has 0 spiro atoms. The highest BCUT2D eigenvalue weighted by Crippen LogP contribution is 2.09. The molecule has 0 saturated heterocycles. The summed E-state index contributed by atoms with van der Waals surface area (Å²) in [5, 5.41) is 2.64. The Morgan fingerprint density at radius 2 is 1.67 bits per heavy atom. The fourth-order valence-corrected chi connectivity index (χ4v) is 2.41. The molecule has 0 heterocycles. The number of ether oxygens (including phenoxy) is 2. The molecule has 27 heavy (non-hydrogen) atoms. The van der Waals surface area contributed by atoms with Crippen molar-refractivity contribution in [2.75, 3.05) is 14.2 Å². The molecule has 6 nitrogen and oxygen atoms in total. The van der Waals surface area contributed by atoms with Crippen LogP contribution in [0.1, 0.15) is 32.7 Å². The Kier molecular flexibility index (Phi) is 7.31. The van der Waals surface area contributed by atoms with Crippen LogP contribution >= 0.6 is 0 Å². The van der Waals surface area contributed by atoms with Crippen LogP contribution in [0.5, 0.6) is 0 Å². The number of esters is 2. The number of methoxy groups -OCH3 is 2. The predicted octanol–water partition coefficient (Wildman–Crippen LogP) is 2.85. The average Bonchev–Trinajstić information content (AvgIpc) is 2.72. The zero-order valence-electron chi connectivity index (χ0n) is 15.2. The van der Waals surface area contributed by atoms with Crippen LogP contribution in [-0.2, 0) is 14.3 Å². The molecular formula is C21H21NO5. The van der Waals surface area contributed by atoms with Crippen molar-refractivity contribution in [2.45, 2.75) is 12.5 Å². The summed E-state index contributed by atoms with van der Waals surface area (Å²) >= 11 is 0. The third kappa shape index (κ3) is 5.81. The number of nitrogens with one attached hydrogen (secondary N) is 1. The zero-order chi connectivity index (χ0) is 19.6. The molecule has 2 aromatic rings. The largest absolute Gasteiger partial charge is 0.467 e. The maximum absolute atomic E-state index is 12.5. The Hall–Kier alpha value is -3.41. The summed E-state index contributed by atoms with van der Waals surface area (Å²) in [4.78, 5) is 36.1. The van der Waals surface area contributed by atoms with Gasteiger partial charge in [0, 0.05) is 5.56 Å². The summed E-state index contributed by atoms with van der Waals surface area (Å²) in [5.41, 5.74) is 1.49. The normalized spacial score (nSPS) is 11.6. The highest BCUT2D eigenvalue weighted by Gasteiger charge is 2.21. The van der Waals surface area contributed by atoms with E-state index in [0.29, 0.717) is 0 Å². The Morgan fingerprint density at radius 1 is 0.963 bits per heavy atom. The first-order valence-electron chi connectivity index (χ1n) is 8.34. The van der Waals surface area contributed by atoms with Crippen LogP contribution in [-0.4, -0.2) is 38.1 Å². The van der Waals surface area contributed by atoms with Gasteiger partial charge in [-0.05, 0) is 30.2 Å². The number of rotatable bonds is 7. The topological polar surface area (TPSA) is 81.7 Å². The second-order valence-corrected chi connectivity index (χ2v) is 5.67. The molecule has 0 saturated carbocycles. The Bertz CT molecular complexity index is 829. The van der Waals surface area contributed by atoms with Crippen molar-refractivity contribution < 1.29 is 23.9 Å². The summed E-state index contributed by atoms with van der Waals surface area (Å²) in [6.45, 7) is 0. The maximum atomic E-state index is 12.5. The lowest BCUT2D eigenvalue weighted by Crippen LogP contribution is -2.41. The highest BCUT2D eigenvalue weighted by molar-refractivity contribution is 5.99. The van der Waals surface area contributed by atoms with Gasteiger partial charge in [-0.2, -0.15) is 0 Å². The molecule has 6 heteroatoms. The summed E-state index contributed by atoms with van der Waals surface area (Å²) in [6.07, 6.45) is 3.92. The third-order valence-corrected chi connectivity index (χ3v) is 3.82. The number of hydrogen-bond donors (Lipinski definition) is 1. The number of amides is 1. The van der Waals surface area contributed by atoms with E-state index in [-0.39, 0.29) is 17.5 Å². The van der Waals surface area contributed by atoms with Gasteiger partial charge >= 0.3 is 11.9 Å². The second kappa shape index (κ2) is 9.91. The second-order valence-electron chi connectivity index (χ2n) is 5.67. The van der Waals surface area contributed by atoms with Crippen molar-refractivity contribution in [1.82, 2.24) is 5.32 Å². The minimum absolute atomic E-state index is 0.249. The quantitative estimate of drug-likeness (QED) is 0.761. The van der Waals surface area contributed by atoms with Crippen molar-refractivity contribution in [2.24, 2.45) is 0 Å². The van der Waals surface area contributed by atoms with E-state index in [0.717, 1.165) is 5.56 Å². The van der Waals surface area contributed by atoms with E-state index in [1.165, 1.54) is 20.3 Å². The first kappa shape index (κ1) is 19.9. The average molecular weight is 367 g/mol. The fraction of sp³-hybridized carbons (Fsp3) is 0.190. The minimum Gasteiger partial charge on any atom is -0.467 e. The maximum Gasteiger partial charge on any atom is 0.337 e. The standard InChI is InChI=1S/C21H21NO5/c1-26-20(24)17-12-7-11-16(14-17)19(23)22-18(21(25)27-2)13-6-10-15-8-4-3-5-9-15/h3-12,14,18H,13H2,1-2H3,(H,22,23)/b10-6+/t18-/m0/s1. The molecule has 1 N–H and O–H groups in total. The Morgan fingerprint density at radius 3 is 2.33 bits per heavy atom. The molecule has 0 bridgehead atoms. The predicted molar refractivity (Wildman–Crippen MR) is 101 cm³/mol. The molecule has 1 atom stereocenters. The van der Waals surface area contributed by atoms with Crippen molar-refractivity contribution in [3.63, 3.8) is 0 Å². The molecule has 0 aromatic heterocycles. The van der Waals surface area contributed by atoms with Crippen molar-refractivity contribution in [1.29, 1.82) is 0 Å². The van der Waals surface area contributed by atoms with Crippen LogP contribution in [0, 0.1) is 0 Å². The molecule has 0 radical (unpaired) electrons. The van der Waals surface area contributed by atoms with Crippen molar-refractivity contribution >= 4 is 23.9 Å². The van der Waals surface area contributed by atoms with Gasteiger partial charge in [-0.3, -0.25) is 4.79 Å². The summed E-state index contributed by atoms with van der Waals surface area (Å²) in [7, 11) is 2.53. The molecule has 0 aliphatic heterocycles. The molecule has 0 fully saturated rings. The summed E-state index contributed by atoms with van der Waals surface area (Å²) in [6, 6.07) is 14.8. The van der Waals surface area contributed by atoms with E-state index >= 15 is 0 Å². The van der Waals surface area contributed by atoms with Crippen LogP contribution in [0.15, 0.2) is 60.7 Å². The molecule has 2 rings (SSSR count). The van der Waals surface area contributed by atoms with E-state index in [2.05, 4.69) is 10.1 Å². The van der Waals surface area contributed by atoms with Crippen molar-refractivity contribution in [3.05, 3.63) is 77.4 Å². The highest BCUT2D eigenvalue weighted by atomic mass is 16.5. The van der Waals surface area contributed by atoms with Gasteiger partial charge in [-0.25, -0.2) is 9.59 Å². The van der Waals surface area contributed by atoms with Gasteiger partial charge in [0.05, 0.1) is 19.8 Å². The van der Waals surface area contributed by atoms with Gasteiger partial charge in [-0.15, -0.1) is 0 Å². The van der Waals surface area contributed by atoms with E-state index in [9.17, 15) is 14.4 Å². The van der Waals surface area contributed by atoms with E-state index < -0.39 is 23.9 Å². The lowest BCUT2D eigenvalue weighted by atomic mass is 10.1. The van der Waals surface area contributed by atoms with E-state index in [4.69, 9.17) is 4.74 Å². The van der Waals surface area contributed by atoms with Gasteiger partial charge < -0.3 is 14.8 Å². The number of hydrogen-bond acceptors (Lipinski definition) is 5. The lowest BCUT2D eigenvalue weighted by Gasteiger charge is -2.15. The monoisotopic (exact) mass is 367 g/mol. The van der Waals surface area contributed by atoms with E-state index in [1.807, 2.05) is 36.4 Å². The SMILES string of the molecule is COC(=O)c1cccc(C(=O)N[C@@H](C/C=C/c2ccccc2)C(=O)OC)c1. The molecular weight excluding hydrogens is 346 g/mol. The number of benzene rings is 2. The summed E-state index contributed by atoms with van der Waals surface area (Å²) < 4.78 is 9.42. The first-order valence-corrected chi connectivity index (χ1v) is 8.34. The van der Waals surface area contributed by atoms with Crippen LogP contribution < -0.4 is 5.32 Å². The number of carbonyl (C=O) groups excluding carboxylic acids is 3. The molecule has 140 valence electrons. The minimum atomic E-state index is -0.843. The number of carbonyl (C=O) groups is 3. The van der Waals surface area contributed by atoms with Crippen LogP contribution in [0.25, 0.3) is 6.08 Å². The molecule has 1 amide bonds. The zero-order valence-corrected chi connectivity index (χ0v) is 15.2. The third-order valence-electron chi connectivity index (χ3n) is 3.82. The van der Waals surface area contributed by atoms with Gasteiger partial charge in [0.2, 0.25) is 0 Å². The molecule has 0 aliphatic carbocycles. The van der Waals surface area contributed by atoms with Gasteiger partial charge in [-0.1, -0.05) is 48.6 Å². The van der Waals surface area contributed by atoms with Crippen molar-refractivity contribution in [3.8, 4) is 0 Å². The molecule has 2 aromatic carbocycles. The summed E-state index contributed by atoms with van der Waals surface area (Å²) in [5.74, 6) is -1.57. The van der Waals surface area contributed by atoms with Gasteiger partial charge in [0.1, 0.15) is 6.04 Å². The van der Waals surface area contributed by atoms with Gasteiger partial charge in [0.15, 0.2) is 0 Å². The Balaban J connectivity index is 2.09. The van der Waals surface area contributed by atoms with Crippen LogP contribution in [0.4, 0.5) is 0 Å². The van der Waals surface area contributed by atoms with Gasteiger partial charge in [0.25, 0.3) is 5.91 Å². The molecule has 0 aliphatic rings. The first-order chi connectivity index (χ1) is 13.0. The smallest absolute Gasteiger partial charge is 0.337 e. The molecule has 0 unspecified atom stereocenters.